The summed E-state index contributed by atoms with van der Waals surface area (Å²) in [5.41, 5.74) is 1.67. The van der Waals surface area contributed by atoms with E-state index in [0.29, 0.717) is 18.0 Å². The summed E-state index contributed by atoms with van der Waals surface area (Å²) in [5.74, 6) is -0.508. The van der Waals surface area contributed by atoms with Crippen LogP contribution in [0.1, 0.15) is 11.3 Å². The van der Waals surface area contributed by atoms with Crippen LogP contribution in [-0.2, 0) is 16.0 Å². The molecule has 0 fully saturated rings. The van der Waals surface area contributed by atoms with E-state index in [0.717, 1.165) is 5.56 Å². The van der Waals surface area contributed by atoms with Crippen molar-refractivity contribution in [3.8, 4) is 0 Å². The van der Waals surface area contributed by atoms with Crippen molar-refractivity contribution in [1.29, 1.82) is 0 Å². The van der Waals surface area contributed by atoms with Gasteiger partial charge in [0.15, 0.2) is 5.70 Å². The molecule has 0 spiro atoms. The highest BCUT2D eigenvalue weighted by atomic mass is 19.1. The molecule has 0 atom stereocenters. The number of ether oxygens (including phenoxy) is 1. The Morgan fingerprint density at radius 3 is 2.67 bits per heavy atom. The van der Waals surface area contributed by atoms with Crippen molar-refractivity contribution in [1.82, 2.24) is 4.98 Å². The van der Waals surface area contributed by atoms with Crippen molar-refractivity contribution in [3.05, 3.63) is 71.4 Å². The Balaban J connectivity index is 1.79. The minimum atomic E-state index is -0.502. The molecular weight excluding hydrogens is 271 g/mol. The predicted molar refractivity (Wildman–Crippen MR) is 75.8 cm³/mol. The number of carbonyl (C=O) groups excluding carboxylic acids is 1. The normalized spacial score (nSPS) is 16.0. The van der Waals surface area contributed by atoms with Crippen LogP contribution in [0.25, 0.3) is 6.08 Å². The quantitative estimate of drug-likeness (QED) is 0.642. The van der Waals surface area contributed by atoms with Crippen LogP contribution in [0.5, 0.6) is 0 Å². The first kappa shape index (κ1) is 13.2. The van der Waals surface area contributed by atoms with Gasteiger partial charge in [0.25, 0.3) is 0 Å². The number of aliphatic imine (C=N–C) groups is 1. The summed E-state index contributed by atoms with van der Waals surface area (Å²) >= 11 is 0. The second-order valence-corrected chi connectivity index (χ2v) is 4.48. The number of aromatic nitrogens is 1. The zero-order chi connectivity index (χ0) is 14.7. The molecule has 3 rings (SSSR count). The summed E-state index contributed by atoms with van der Waals surface area (Å²) in [4.78, 5) is 20.0. The number of carbonyl (C=O) groups is 1. The molecule has 0 saturated carbocycles. The van der Waals surface area contributed by atoms with Gasteiger partial charge in [-0.05, 0) is 35.9 Å². The minimum absolute atomic E-state index is 0.214. The topological polar surface area (TPSA) is 51.5 Å². The van der Waals surface area contributed by atoms with Gasteiger partial charge in [0, 0.05) is 12.6 Å². The van der Waals surface area contributed by atoms with E-state index in [1.165, 1.54) is 12.1 Å². The molecule has 2 heterocycles. The zero-order valence-corrected chi connectivity index (χ0v) is 11.0. The van der Waals surface area contributed by atoms with Crippen LogP contribution in [0.2, 0.25) is 0 Å². The van der Waals surface area contributed by atoms with Crippen molar-refractivity contribution in [2.75, 3.05) is 0 Å². The number of benzene rings is 1. The van der Waals surface area contributed by atoms with Gasteiger partial charge in [0.05, 0.1) is 5.69 Å². The van der Waals surface area contributed by atoms with Crippen LogP contribution in [0, 0.1) is 5.82 Å². The molecule has 1 aromatic carbocycles. The largest absolute Gasteiger partial charge is 0.406 e. The van der Waals surface area contributed by atoms with Gasteiger partial charge in [-0.25, -0.2) is 14.2 Å². The molecule has 104 valence electrons. The van der Waals surface area contributed by atoms with Gasteiger partial charge in [-0.3, -0.25) is 4.98 Å². The lowest BCUT2D eigenvalue weighted by molar-refractivity contribution is -0.130. The van der Waals surface area contributed by atoms with Crippen molar-refractivity contribution < 1.29 is 13.9 Å². The fourth-order valence-electron chi connectivity index (χ4n) is 1.91. The molecule has 2 aromatic rings. The first-order valence-electron chi connectivity index (χ1n) is 6.37. The first-order valence-corrected chi connectivity index (χ1v) is 6.37. The van der Waals surface area contributed by atoms with Crippen LogP contribution in [0.3, 0.4) is 0 Å². The Kier molecular flexibility index (Phi) is 3.55. The molecule has 0 amide bonds. The van der Waals surface area contributed by atoms with Gasteiger partial charge < -0.3 is 4.74 Å². The van der Waals surface area contributed by atoms with Crippen molar-refractivity contribution >= 4 is 17.9 Å². The van der Waals surface area contributed by atoms with Gasteiger partial charge in [-0.2, -0.15) is 0 Å². The molecular formula is C16H11FN2O2. The average Bonchev–Trinajstić information content (AvgIpc) is 2.82. The maximum absolute atomic E-state index is 12.8. The number of rotatable bonds is 3. The Hall–Kier alpha value is -2.82. The van der Waals surface area contributed by atoms with E-state index in [1.807, 2.05) is 6.07 Å². The Morgan fingerprint density at radius 2 is 1.95 bits per heavy atom. The maximum atomic E-state index is 12.8. The maximum Gasteiger partial charge on any atom is 0.363 e. The standard InChI is InChI=1S/C16H11FN2O2/c17-12-6-4-11(5-7-12)9-15-19-14(16(20)21-15)10-13-3-1-2-8-18-13/h1-8,10H,9H2/b14-10+. The van der Waals surface area contributed by atoms with Crippen LogP contribution >= 0.6 is 0 Å². The molecule has 21 heavy (non-hydrogen) atoms. The number of pyridine rings is 1. The third-order valence-corrected chi connectivity index (χ3v) is 2.91. The van der Waals surface area contributed by atoms with E-state index in [4.69, 9.17) is 4.74 Å². The lowest BCUT2D eigenvalue weighted by atomic mass is 10.1. The number of hydrogen-bond donors (Lipinski definition) is 0. The highest BCUT2D eigenvalue weighted by Crippen LogP contribution is 2.16. The molecule has 0 bridgehead atoms. The predicted octanol–water partition coefficient (Wildman–Crippen LogP) is 2.76. The van der Waals surface area contributed by atoms with E-state index in [2.05, 4.69) is 9.98 Å². The third-order valence-electron chi connectivity index (χ3n) is 2.91. The number of hydrogen-bond acceptors (Lipinski definition) is 4. The van der Waals surface area contributed by atoms with Gasteiger partial charge in [-0.15, -0.1) is 0 Å². The number of nitrogens with zero attached hydrogens (tertiary/aromatic N) is 2. The van der Waals surface area contributed by atoms with Gasteiger partial charge in [0.2, 0.25) is 5.90 Å². The zero-order valence-electron chi connectivity index (χ0n) is 11.0. The molecule has 1 aromatic heterocycles. The van der Waals surface area contributed by atoms with Crippen molar-refractivity contribution in [2.45, 2.75) is 6.42 Å². The molecule has 0 N–H and O–H groups in total. The molecule has 4 nitrogen and oxygen atoms in total. The second-order valence-electron chi connectivity index (χ2n) is 4.48. The molecule has 5 heteroatoms. The van der Waals surface area contributed by atoms with Gasteiger partial charge in [0.1, 0.15) is 5.82 Å². The number of halogens is 1. The fraction of sp³-hybridized carbons (Fsp3) is 0.0625. The van der Waals surface area contributed by atoms with Crippen molar-refractivity contribution in [2.24, 2.45) is 4.99 Å². The first-order chi connectivity index (χ1) is 10.2. The van der Waals surface area contributed by atoms with Crippen molar-refractivity contribution in [3.63, 3.8) is 0 Å². The summed E-state index contributed by atoms with van der Waals surface area (Å²) in [6.07, 6.45) is 3.54. The highest BCUT2D eigenvalue weighted by Gasteiger charge is 2.23. The number of esters is 1. The third kappa shape index (κ3) is 3.20. The van der Waals surface area contributed by atoms with E-state index in [-0.39, 0.29) is 11.5 Å². The highest BCUT2D eigenvalue weighted by molar-refractivity contribution is 6.07. The van der Waals surface area contributed by atoms with E-state index in [9.17, 15) is 9.18 Å². The lowest BCUT2D eigenvalue weighted by Crippen LogP contribution is -2.06. The molecule has 1 aliphatic rings. The van der Waals surface area contributed by atoms with Crippen LogP contribution in [0.4, 0.5) is 4.39 Å². The summed E-state index contributed by atoms with van der Waals surface area (Å²) in [6.45, 7) is 0. The van der Waals surface area contributed by atoms with Crippen LogP contribution in [0.15, 0.2) is 59.4 Å². The summed E-state index contributed by atoms with van der Waals surface area (Å²) < 4.78 is 17.9. The van der Waals surface area contributed by atoms with Crippen LogP contribution in [-0.4, -0.2) is 16.9 Å². The number of cyclic esters (lactones) is 1. The summed E-state index contributed by atoms with van der Waals surface area (Å²) in [5, 5.41) is 0. The van der Waals surface area contributed by atoms with Gasteiger partial charge in [-0.1, -0.05) is 18.2 Å². The second kappa shape index (κ2) is 5.66. The van der Waals surface area contributed by atoms with E-state index < -0.39 is 5.97 Å². The molecule has 0 radical (unpaired) electrons. The average molecular weight is 282 g/mol. The smallest absolute Gasteiger partial charge is 0.363 e. The lowest BCUT2D eigenvalue weighted by Gasteiger charge is -1.99. The SMILES string of the molecule is O=C1OC(Cc2ccc(F)cc2)=N/C1=C/c1ccccn1. The van der Waals surface area contributed by atoms with E-state index >= 15 is 0 Å². The monoisotopic (exact) mass is 282 g/mol. The minimum Gasteiger partial charge on any atom is -0.406 e. The Morgan fingerprint density at radius 1 is 1.14 bits per heavy atom. The Labute approximate surface area is 120 Å². The molecule has 0 aliphatic carbocycles. The Bertz CT molecular complexity index is 722. The molecule has 0 saturated heterocycles. The molecule has 0 unspecified atom stereocenters. The molecule has 1 aliphatic heterocycles. The summed E-state index contributed by atoms with van der Waals surface area (Å²) in [7, 11) is 0. The van der Waals surface area contributed by atoms with E-state index in [1.54, 1.807) is 36.5 Å². The summed E-state index contributed by atoms with van der Waals surface area (Å²) in [6, 6.07) is 11.4. The van der Waals surface area contributed by atoms with Crippen LogP contribution < -0.4 is 0 Å². The van der Waals surface area contributed by atoms with Gasteiger partial charge >= 0.3 is 5.97 Å². The fourth-order valence-corrected chi connectivity index (χ4v) is 1.91.